The molecule has 0 spiro atoms. The predicted octanol–water partition coefficient (Wildman–Crippen LogP) is 3.89. The van der Waals surface area contributed by atoms with Crippen LogP contribution in [-0.2, 0) is 6.18 Å². The number of alkyl halides is 3. The number of para-hydroxylation sites is 1. The highest BCUT2D eigenvalue weighted by atomic mass is 32.2. The quantitative estimate of drug-likeness (QED) is 0.873. The van der Waals surface area contributed by atoms with Gasteiger partial charge in [-0.25, -0.2) is 0 Å². The predicted molar refractivity (Wildman–Crippen MR) is 88.9 cm³/mol. The number of aliphatic hydroxyl groups is 1. The van der Waals surface area contributed by atoms with Crippen LogP contribution in [0.5, 0.6) is 0 Å². The Balaban J connectivity index is 2.05. The molecule has 7 heteroatoms. The molecule has 0 fully saturated rings. The first-order valence-electron chi connectivity index (χ1n) is 7.48. The van der Waals surface area contributed by atoms with E-state index in [4.69, 9.17) is 0 Å². The lowest BCUT2D eigenvalue weighted by atomic mass is 10.1. The third kappa shape index (κ3) is 3.38. The second-order valence-corrected chi connectivity index (χ2v) is 6.66. The molecule has 1 heterocycles. The minimum atomic E-state index is -4.40. The third-order valence-electron chi connectivity index (χ3n) is 3.79. The molecule has 3 nitrogen and oxygen atoms in total. The van der Waals surface area contributed by atoms with Crippen LogP contribution < -0.4 is 10.2 Å². The number of hydrogen-bond acceptors (Lipinski definition) is 4. The molecule has 2 N–H and O–H groups in total. The normalized spacial score (nSPS) is 15.0. The fourth-order valence-electron chi connectivity index (χ4n) is 2.71. The molecule has 0 saturated heterocycles. The fourth-order valence-corrected chi connectivity index (χ4v) is 3.79. The van der Waals surface area contributed by atoms with Crippen molar-refractivity contribution in [1.29, 1.82) is 0 Å². The Labute approximate surface area is 142 Å². The van der Waals surface area contributed by atoms with Gasteiger partial charge in [0.15, 0.2) is 0 Å². The summed E-state index contributed by atoms with van der Waals surface area (Å²) in [6, 6.07) is 11.3. The van der Waals surface area contributed by atoms with Crippen molar-refractivity contribution in [3.05, 3.63) is 48.0 Å². The second kappa shape index (κ2) is 6.66. The zero-order valence-electron chi connectivity index (χ0n) is 13.0. The lowest BCUT2D eigenvalue weighted by Crippen LogP contribution is -2.36. The van der Waals surface area contributed by atoms with Crippen LogP contribution in [-0.4, -0.2) is 31.3 Å². The number of aliphatic hydroxyl groups excluding tert-OH is 1. The summed E-state index contributed by atoms with van der Waals surface area (Å²) in [7, 11) is 1.72. The summed E-state index contributed by atoms with van der Waals surface area (Å²) in [5, 5.41) is 13.0. The van der Waals surface area contributed by atoms with Gasteiger partial charge in [-0.1, -0.05) is 23.9 Å². The highest BCUT2D eigenvalue weighted by molar-refractivity contribution is 7.99. The maximum absolute atomic E-state index is 13.1. The van der Waals surface area contributed by atoms with Gasteiger partial charge in [-0.05, 0) is 37.4 Å². The van der Waals surface area contributed by atoms with Crippen LogP contribution in [0.1, 0.15) is 5.56 Å². The van der Waals surface area contributed by atoms with E-state index in [0.717, 1.165) is 27.6 Å². The van der Waals surface area contributed by atoms with Crippen LogP contribution in [0.2, 0.25) is 0 Å². The largest absolute Gasteiger partial charge is 0.416 e. The van der Waals surface area contributed by atoms with Gasteiger partial charge in [0.05, 0.1) is 29.6 Å². The maximum atomic E-state index is 13.1. The lowest BCUT2D eigenvalue weighted by Gasteiger charge is -2.34. The summed E-state index contributed by atoms with van der Waals surface area (Å²) in [4.78, 5) is 3.47. The molecule has 0 aromatic heterocycles. The van der Waals surface area contributed by atoms with Gasteiger partial charge < -0.3 is 15.3 Å². The molecule has 1 unspecified atom stereocenters. The van der Waals surface area contributed by atoms with Gasteiger partial charge in [0.1, 0.15) is 0 Å². The fraction of sp³-hybridized carbons (Fsp3) is 0.294. The minimum absolute atomic E-state index is 0.215. The Morgan fingerprint density at radius 3 is 2.54 bits per heavy atom. The molecule has 128 valence electrons. The number of likely N-dealkylation sites (N-methyl/N-ethyl adjacent to an activating group) is 1. The molecule has 0 saturated carbocycles. The van der Waals surface area contributed by atoms with Crippen molar-refractivity contribution in [2.75, 3.05) is 25.0 Å². The van der Waals surface area contributed by atoms with E-state index in [1.54, 1.807) is 11.9 Å². The molecule has 3 rings (SSSR count). The van der Waals surface area contributed by atoms with Gasteiger partial charge >= 0.3 is 6.18 Å². The Hall–Kier alpha value is -1.70. The number of hydrogen-bond donors (Lipinski definition) is 2. The molecule has 0 radical (unpaired) electrons. The van der Waals surface area contributed by atoms with E-state index in [-0.39, 0.29) is 6.54 Å². The van der Waals surface area contributed by atoms with Crippen LogP contribution in [0.25, 0.3) is 0 Å². The SMILES string of the molecule is CNCC(O)CN1c2ccccc2Sc2ccc(C(F)(F)F)cc21. The summed E-state index contributed by atoms with van der Waals surface area (Å²) in [6.07, 6.45) is -5.10. The first-order valence-corrected chi connectivity index (χ1v) is 8.30. The Morgan fingerprint density at radius 1 is 1.12 bits per heavy atom. The minimum Gasteiger partial charge on any atom is -0.390 e. The van der Waals surface area contributed by atoms with E-state index in [1.165, 1.54) is 17.8 Å². The molecule has 2 aromatic rings. The number of fused-ring (bicyclic) bond motifs is 2. The Morgan fingerprint density at radius 2 is 1.83 bits per heavy atom. The maximum Gasteiger partial charge on any atom is 0.416 e. The average Bonchev–Trinajstić information content (AvgIpc) is 2.53. The number of nitrogens with zero attached hydrogens (tertiary/aromatic N) is 1. The van der Waals surface area contributed by atoms with Gasteiger partial charge in [0.2, 0.25) is 0 Å². The van der Waals surface area contributed by atoms with E-state index >= 15 is 0 Å². The van der Waals surface area contributed by atoms with E-state index in [9.17, 15) is 18.3 Å². The number of anilines is 2. The van der Waals surface area contributed by atoms with Crippen LogP contribution in [0, 0.1) is 0 Å². The van der Waals surface area contributed by atoms with Crippen molar-refractivity contribution in [2.24, 2.45) is 0 Å². The molecular weight excluding hydrogens is 337 g/mol. The van der Waals surface area contributed by atoms with E-state index < -0.39 is 17.8 Å². The zero-order chi connectivity index (χ0) is 17.3. The van der Waals surface area contributed by atoms with Crippen molar-refractivity contribution < 1.29 is 18.3 Å². The molecule has 24 heavy (non-hydrogen) atoms. The third-order valence-corrected chi connectivity index (χ3v) is 4.92. The molecule has 1 atom stereocenters. The summed E-state index contributed by atoms with van der Waals surface area (Å²) >= 11 is 1.44. The summed E-state index contributed by atoms with van der Waals surface area (Å²) < 4.78 is 39.2. The Kier molecular flexibility index (Phi) is 4.76. The zero-order valence-corrected chi connectivity index (χ0v) is 13.8. The van der Waals surface area contributed by atoms with Crippen LogP contribution in [0.4, 0.5) is 24.5 Å². The van der Waals surface area contributed by atoms with Gasteiger partial charge in [0, 0.05) is 16.3 Å². The molecular formula is C17H17F3N2OS. The van der Waals surface area contributed by atoms with Gasteiger partial charge in [-0.15, -0.1) is 0 Å². The summed E-state index contributed by atoms with van der Waals surface area (Å²) in [5.41, 5.74) is 0.600. The number of nitrogens with one attached hydrogen (secondary N) is 1. The Bertz CT molecular complexity index is 736. The molecule has 0 bridgehead atoms. The monoisotopic (exact) mass is 354 g/mol. The van der Waals surface area contributed by atoms with E-state index in [2.05, 4.69) is 5.32 Å². The van der Waals surface area contributed by atoms with Gasteiger partial charge in [-0.2, -0.15) is 13.2 Å². The summed E-state index contributed by atoms with van der Waals surface area (Å²) in [5.74, 6) is 0. The molecule has 0 amide bonds. The van der Waals surface area contributed by atoms with E-state index in [0.29, 0.717) is 12.2 Å². The van der Waals surface area contributed by atoms with Crippen molar-refractivity contribution in [1.82, 2.24) is 5.32 Å². The smallest absolute Gasteiger partial charge is 0.390 e. The summed E-state index contributed by atoms with van der Waals surface area (Å²) in [6.45, 7) is 0.576. The molecule has 1 aliphatic rings. The lowest BCUT2D eigenvalue weighted by molar-refractivity contribution is -0.137. The standard InChI is InChI=1S/C17H17F3N2OS/c1-21-9-12(23)10-22-13-4-2-3-5-15(13)24-16-7-6-11(8-14(16)22)17(18,19)20/h2-8,12,21,23H,9-10H2,1H3. The van der Waals surface area contributed by atoms with Crippen molar-refractivity contribution in [3.8, 4) is 0 Å². The van der Waals surface area contributed by atoms with Crippen LogP contribution in [0.3, 0.4) is 0 Å². The molecule has 2 aromatic carbocycles. The van der Waals surface area contributed by atoms with Crippen molar-refractivity contribution in [3.63, 3.8) is 0 Å². The number of rotatable bonds is 4. The van der Waals surface area contributed by atoms with Crippen LogP contribution in [0.15, 0.2) is 52.3 Å². The number of halogens is 3. The molecule has 1 aliphatic heterocycles. The first-order chi connectivity index (χ1) is 11.4. The number of benzene rings is 2. The van der Waals surface area contributed by atoms with Gasteiger partial charge in [0.25, 0.3) is 0 Å². The van der Waals surface area contributed by atoms with E-state index in [1.807, 2.05) is 24.3 Å². The molecule has 0 aliphatic carbocycles. The number of β-amino-alcohol motifs (C(OH)–C–C–N with tert-alkyl or cyclic N) is 1. The highest BCUT2D eigenvalue weighted by Gasteiger charge is 2.33. The highest BCUT2D eigenvalue weighted by Crippen LogP contribution is 2.49. The topological polar surface area (TPSA) is 35.5 Å². The average molecular weight is 354 g/mol. The second-order valence-electron chi connectivity index (χ2n) is 5.57. The van der Waals surface area contributed by atoms with Gasteiger partial charge in [-0.3, -0.25) is 0 Å². The van der Waals surface area contributed by atoms with Crippen molar-refractivity contribution >= 4 is 23.1 Å². The van der Waals surface area contributed by atoms with Crippen molar-refractivity contribution in [2.45, 2.75) is 22.1 Å². The first kappa shape index (κ1) is 17.1. The van der Waals surface area contributed by atoms with Crippen LogP contribution >= 0.6 is 11.8 Å².